The third-order valence-corrected chi connectivity index (χ3v) is 5.99. The van der Waals surface area contributed by atoms with Crippen LogP contribution in [0.2, 0.25) is 0 Å². The van der Waals surface area contributed by atoms with Crippen LogP contribution < -0.4 is 0 Å². The molecular formula is C16H30O. The Morgan fingerprint density at radius 3 is 2.76 bits per heavy atom. The van der Waals surface area contributed by atoms with E-state index in [-0.39, 0.29) is 6.10 Å². The minimum Gasteiger partial charge on any atom is -0.393 e. The monoisotopic (exact) mass is 238 g/mol. The van der Waals surface area contributed by atoms with Gasteiger partial charge in [-0.25, -0.2) is 0 Å². The number of rotatable bonds is 4. The zero-order valence-electron chi connectivity index (χ0n) is 11.9. The lowest BCUT2D eigenvalue weighted by Gasteiger charge is -2.43. The van der Waals surface area contributed by atoms with Crippen molar-refractivity contribution in [3.05, 3.63) is 0 Å². The zero-order valence-corrected chi connectivity index (χ0v) is 11.9. The van der Waals surface area contributed by atoms with Gasteiger partial charge in [0.15, 0.2) is 0 Å². The van der Waals surface area contributed by atoms with Gasteiger partial charge in [0.1, 0.15) is 0 Å². The first kappa shape index (κ1) is 13.4. The van der Waals surface area contributed by atoms with E-state index in [4.69, 9.17) is 0 Å². The van der Waals surface area contributed by atoms with E-state index >= 15 is 0 Å². The second-order valence-electron chi connectivity index (χ2n) is 6.94. The van der Waals surface area contributed by atoms with E-state index in [0.29, 0.717) is 11.3 Å². The van der Waals surface area contributed by atoms with Crippen LogP contribution in [0.15, 0.2) is 0 Å². The summed E-state index contributed by atoms with van der Waals surface area (Å²) >= 11 is 0. The SMILES string of the molecule is CCC(C)CCC1CCC2C(O)CCCC12C. The van der Waals surface area contributed by atoms with Crippen molar-refractivity contribution in [1.29, 1.82) is 0 Å². The van der Waals surface area contributed by atoms with Crippen molar-refractivity contribution in [3.63, 3.8) is 0 Å². The number of fused-ring (bicyclic) bond motifs is 1. The number of aliphatic hydroxyl groups excluding tert-OH is 1. The third-order valence-electron chi connectivity index (χ3n) is 5.99. The molecule has 0 radical (unpaired) electrons. The lowest BCUT2D eigenvalue weighted by atomic mass is 9.63. The molecule has 100 valence electrons. The fourth-order valence-electron chi connectivity index (χ4n) is 4.42. The first-order valence-electron chi connectivity index (χ1n) is 7.76. The topological polar surface area (TPSA) is 20.2 Å². The summed E-state index contributed by atoms with van der Waals surface area (Å²) in [4.78, 5) is 0. The minimum atomic E-state index is 0.00217. The van der Waals surface area contributed by atoms with Crippen molar-refractivity contribution >= 4 is 0 Å². The molecule has 2 saturated carbocycles. The van der Waals surface area contributed by atoms with Gasteiger partial charge in [-0.3, -0.25) is 0 Å². The second kappa shape index (κ2) is 5.30. The van der Waals surface area contributed by atoms with Crippen molar-refractivity contribution in [2.75, 3.05) is 0 Å². The van der Waals surface area contributed by atoms with Gasteiger partial charge in [-0.05, 0) is 55.3 Å². The van der Waals surface area contributed by atoms with Gasteiger partial charge in [-0.2, -0.15) is 0 Å². The van der Waals surface area contributed by atoms with Gasteiger partial charge in [0.2, 0.25) is 0 Å². The predicted molar refractivity (Wildman–Crippen MR) is 72.9 cm³/mol. The zero-order chi connectivity index (χ0) is 12.5. The lowest BCUT2D eigenvalue weighted by Crippen LogP contribution is -2.39. The Hall–Kier alpha value is -0.0400. The first-order chi connectivity index (χ1) is 8.08. The molecule has 0 aromatic heterocycles. The Morgan fingerprint density at radius 2 is 2.06 bits per heavy atom. The Morgan fingerprint density at radius 1 is 1.29 bits per heavy atom. The van der Waals surface area contributed by atoms with E-state index in [2.05, 4.69) is 20.8 Å². The molecule has 2 aliphatic carbocycles. The number of hydrogen-bond donors (Lipinski definition) is 1. The molecule has 5 atom stereocenters. The highest BCUT2D eigenvalue weighted by Gasteiger charge is 2.50. The van der Waals surface area contributed by atoms with Gasteiger partial charge >= 0.3 is 0 Å². The van der Waals surface area contributed by atoms with Crippen LogP contribution in [0.3, 0.4) is 0 Å². The summed E-state index contributed by atoms with van der Waals surface area (Å²) in [5.41, 5.74) is 0.463. The molecule has 0 saturated heterocycles. The van der Waals surface area contributed by atoms with Crippen LogP contribution in [-0.4, -0.2) is 11.2 Å². The van der Waals surface area contributed by atoms with Crippen LogP contribution in [0.5, 0.6) is 0 Å². The van der Waals surface area contributed by atoms with E-state index in [1.807, 2.05) is 0 Å². The maximum atomic E-state index is 10.2. The molecule has 0 bridgehead atoms. The summed E-state index contributed by atoms with van der Waals surface area (Å²) in [7, 11) is 0. The number of hydrogen-bond acceptors (Lipinski definition) is 1. The van der Waals surface area contributed by atoms with Crippen LogP contribution >= 0.6 is 0 Å². The summed E-state index contributed by atoms with van der Waals surface area (Å²) < 4.78 is 0. The Balaban J connectivity index is 1.95. The third kappa shape index (κ3) is 2.54. The van der Waals surface area contributed by atoms with E-state index < -0.39 is 0 Å². The molecule has 0 aromatic carbocycles. The van der Waals surface area contributed by atoms with Gasteiger partial charge in [0.05, 0.1) is 6.10 Å². The summed E-state index contributed by atoms with van der Waals surface area (Å²) in [6, 6.07) is 0. The van der Waals surface area contributed by atoms with E-state index in [1.54, 1.807) is 0 Å². The highest BCUT2D eigenvalue weighted by molar-refractivity contribution is 5.00. The molecule has 0 spiro atoms. The Bertz CT molecular complexity index is 250. The summed E-state index contributed by atoms with van der Waals surface area (Å²) in [5, 5.41) is 10.2. The molecule has 2 aliphatic rings. The highest BCUT2D eigenvalue weighted by atomic mass is 16.3. The molecule has 5 unspecified atom stereocenters. The molecule has 1 N–H and O–H groups in total. The van der Waals surface area contributed by atoms with Gasteiger partial charge in [0.25, 0.3) is 0 Å². The van der Waals surface area contributed by atoms with Crippen LogP contribution in [0.1, 0.15) is 72.1 Å². The van der Waals surface area contributed by atoms with E-state index in [0.717, 1.165) is 18.3 Å². The van der Waals surface area contributed by atoms with Crippen LogP contribution in [0.25, 0.3) is 0 Å². The Labute approximate surface area is 107 Å². The molecule has 0 aromatic rings. The molecule has 2 rings (SSSR count). The molecule has 0 aliphatic heterocycles. The van der Waals surface area contributed by atoms with Crippen molar-refractivity contribution in [2.45, 2.75) is 78.2 Å². The minimum absolute atomic E-state index is 0.00217. The standard InChI is InChI=1S/C16H30O/c1-4-12(2)7-8-13-9-10-14-15(17)6-5-11-16(13,14)3/h12-15,17H,4-11H2,1-3H3. The molecule has 17 heavy (non-hydrogen) atoms. The first-order valence-corrected chi connectivity index (χ1v) is 7.76. The van der Waals surface area contributed by atoms with E-state index in [9.17, 15) is 5.11 Å². The van der Waals surface area contributed by atoms with Gasteiger partial charge in [-0.1, -0.05) is 40.0 Å². The maximum absolute atomic E-state index is 10.2. The summed E-state index contributed by atoms with van der Waals surface area (Å²) in [6.45, 7) is 7.15. The largest absolute Gasteiger partial charge is 0.393 e. The quantitative estimate of drug-likeness (QED) is 0.770. The summed E-state index contributed by atoms with van der Waals surface area (Å²) in [5.74, 6) is 2.38. The normalized spacial score (nSPS) is 43.4. The second-order valence-corrected chi connectivity index (χ2v) is 6.94. The smallest absolute Gasteiger partial charge is 0.0573 e. The summed E-state index contributed by atoms with van der Waals surface area (Å²) in [6.07, 6.45) is 10.4. The van der Waals surface area contributed by atoms with Gasteiger partial charge < -0.3 is 5.11 Å². The molecular weight excluding hydrogens is 208 g/mol. The molecule has 0 amide bonds. The Kier molecular flexibility index (Phi) is 4.18. The molecule has 2 fully saturated rings. The maximum Gasteiger partial charge on any atom is 0.0573 e. The van der Waals surface area contributed by atoms with E-state index in [1.165, 1.54) is 44.9 Å². The molecule has 1 heteroatoms. The van der Waals surface area contributed by atoms with Crippen LogP contribution in [0.4, 0.5) is 0 Å². The highest BCUT2D eigenvalue weighted by Crippen LogP contribution is 2.56. The average Bonchev–Trinajstić information content (AvgIpc) is 2.64. The average molecular weight is 238 g/mol. The lowest BCUT2D eigenvalue weighted by molar-refractivity contribution is -0.0191. The van der Waals surface area contributed by atoms with Crippen LogP contribution in [-0.2, 0) is 0 Å². The van der Waals surface area contributed by atoms with Gasteiger partial charge in [0, 0.05) is 0 Å². The predicted octanol–water partition coefficient (Wildman–Crippen LogP) is 4.39. The number of aliphatic hydroxyl groups is 1. The molecule has 1 nitrogen and oxygen atoms in total. The van der Waals surface area contributed by atoms with Crippen molar-refractivity contribution in [1.82, 2.24) is 0 Å². The van der Waals surface area contributed by atoms with Crippen LogP contribution in [0, 0.1) is 23.2 Å². The fourth-order valence-corrected chi connectivity index (χ4v) is 4.42. The van der Waals surface area contributed by atoms with Crippen molar-refractivity contribution < 1.29 is 5.11 Å². The van der Waals surface area contributed by atoms with Crippen molar-refractivity contribution in [2.24, 2.45) is 23.2 Å². The molecule has 0 heterocycles. The van der Waals surface area contributed by atoms with Crippen molar-refractivity contribution in [3.8, 4) is 0 Å². The fraction of sp³-hybridized carbons (Fsp3) is 1.00. The van der Waals surface area contributed by atoms with Gasteiger partial charge in [-0.15, -0.1) is 0 Å².